The molecule has 5 heteroatoms. The fraction of sp³-hybridized carbons (Fsp3) is 0.350. The van der Waals surface area contributed by atoms with Gasteiger partial charge in [-0.15, -0.1) is 0 Å². The Kier molecular flexibility index (Phi) is 5.82. The number of carbonyl (C=O) groups is 1. The van der Waals surface area contributed by atoms with Crippen LogP contribution >= 0.6 is 11.6 Å². The summed E-state index contributed by atoms with van der Waals surface area (Å²) in [6.45, 7) is 3.56. The average Bonchev–Trinajstić information content (AvgIpc) is 2.63. The van der Waals surface area contributed by atoms with Gasteiger partial charge in [-0.2, -0.15) is 0 Å². The number of ether oxygens (including phenoxy) is 2. The standard InChI is InChI=1S/C20H22ClNO3/c1-2-24-20(23)22-12-10-18(11-13-22)25-19-5-3-4-16(14-19)15-6-8-17(21)9-7-15/h3-9,14,18H,2,10-13H2,1H3. The van der Waals surface area contributed by atoms with Crippen LogP contribution < -0.4 is 4.74 Å². The Balaban J connectivity index is 1.60. The summed E-state index contributed by atoms with van der Waals surface area (Å²) < 4.78 is 11.2. The second-order valence-corrected chi connectivity index (χ2v) is 6.47. The Labute approximate surface area is 153 Å². The van der Waals surface area contributed by atoms with Crippen molar-refractivity contribution in [3.63, 3.8) is 0 Å². The average molecular weight is 360 g/mol. The maximum Gasteiger partial charge on any atom is 0.409 e. The minimum Gasteiger partial charge on any atom is -0.490 e. The number of hydrogen-bond donors (Lipinski definition) is 0. The molecule has 0 aliphatic carbocycles. The van der Waals surface area contributed by atoms with E-state index < -0.39 is 0 Å². The lowest BCUT2D eigenvalue weighted by atomic mass is 10.1. The highest BCUT2D eigenvalue weighted by atomic mass is 35.5. The van der Waals surface area contributed by atoms with Gasteiger partial charge in [0, 0.05) is 31.0 Å². The van der Waals surface area contributed by atoms with Crippen molar-refractivity contribution in [1.82, 2.24) is 4.90 Å². The molecule has 0 unspecified atom stereocenters. The van der Waals surface area contributed by atoms with E-state index in [0.717, 1.165) is 34.7 Å². The predicted molar refractivity (Wildman–Crippen MR) is 99.1 cm³/mol. The number of piperidine rings is 1. The number of amides is 1. The molecule has 3 rings (SSSR count). The van der Waals surface area contributed by atoms with Gasteiger partial charge < -0.3 is 14.4 Å². The van der Waals surface area contributed by atoms with Gasteiger partial charge in [0.05, 0.1) is 6.61 Å². The summed E-state index contributed by atoms with van der Waals surface area (Å²) in [5.41, 5.74) is 2.20. The van der Waals surface area contributed by atoms with Crippen LogP contribution in [0.25, 0.3) is 11.1 Å². The lowest BCUT2D eigenvalue weighted by Gasteiger charge is -2.31. The van der Waals surface area contributed by atoms with Gasteiger partial charge in [-0.1, -0.05) is 35.9 Å². The molecule has 132 valence electrons. The molecule has 0 aromatic heterocycles. The third-order valence-electron chi connectivity index (χ3n) is 4.28. The molecule has 0 radical (unpaired) electrons. The molecule has 0 atom stereocenters. The summed E-state index contributed by atoms with van der Waals surface area (Å²) in [6, 6.07) is 15.8. The quantitative estimate of drug-likeness (QED) is 0.770. The molecule has 4 nitrogen and oxygen atoms in total. The molecule has 0 spiro atoms. The molecule has 1 fully saturated rings. The van der Waals surface area contributed by atoms with Crippen molar-refractivity contribution < 1.29 is 14.3 Å². The highest BCUT2D eigenvalue weighted by Crippen LogP contribution is 2.27. The van der Waals surface area contributed by atoms with Crippen LogP contribution in [-0.4, -0.2) is 36.8 Å². The van der Waals surface area contributed by atoms with E-state index in [-0.39, 0.29) is 12.2 Å². The second kappa shape index (κ2) is 8.26. The van der Waals surface area contributed by atoms with Crippen LogP contribution in [0.4, 0.5) is 4.79 Å². The Morgan fingerprint density at radius 1 is 1.12 bits per heavy atom. The van der Waals surface area contributed by atoms with Crippen LogP contribution in [0.3, 0.4) is 0 Å². The topological polar surface area (TPSA) is 38.8 Å². The maximum absolute atomic E-state index is 11.7. The highest BCUT2D eigenvalue weighted by Gasteiger charge is 2.24. The van der Waals surface area contributed by atoms with Crippen LogP contribution in [-0.2, 0) is 4.74 Å². The van der Waals surface area contributed by atoms with Gasteiger partial charge >= 0.3 is 6.09 Å². The molecular weight excluding hydrogens is 338 g/mol. The van der Waals surface area contributed by atoms with E-state index in [0.29, 0.717) is 19.7 Å². The van der Waals surface area contributed by atoms with Gasteiger partial charge in [0.1, 0.15) is 11.9 Å². The molecular formula is C20H22ClNO3. The van der Waals surface area contributed by atoms with Gasteiger partial charge in [0.25, 0.3) is 0 Å². The molecule has 1 aliphatic heterocycles. The van der Waals surface area contributed by atoms with Crippen LogP contribution in [0.15, 0.2) is 48.5 Å². The summed E-state index contributed by atoms with van der Waals surface area (Å²) in [5.74, 6) is 0.849. The Morgan fingerprint density at radius 3 is 2.52 bits per heavy atom. The third kappa shape index (κ3) is 4.67. The number of likely N-dealkylation sites (tertiary alicyclic amines) is 1. The fourth-order valence-electron chi connectivity index (χ4n) is 2.95. The van der Waals surface area contributed by atoms with E-state index in [9.17, 15) is 4.79 Å². The van der Waals surface area contributed by atoms with Crippen LogP contribution in [0, 0.1) is 0 Å². The van der Waals surface area contributed by atoms with Crippen molar-refractivity contribution >= 4 is 17.7 Å². The van der Waals surface area contributed by atoms with Crippen molar-refractivity contribution in [3.05, 3.63) is 53.6 Å². The minimum atomic E-state index is -0.231. The number of nitrogens with zero attached hydrogens (tertiary/aromatic N) is 1. The number of benzene rings is 2. The van der Waals surface area contributed by atoms with Gasteiger partial charge in [-0.3, -0.25) is 0 Å². The van der Waals surface area contributed by atoms with Crippen molar-refractivity contribution in [2.45, 2.75) is 25.9 Å². The number of halogens is 1. The lowest BCUT2D eigenvalue weighted by molar-refractivity contribution is 0.0703. The molecule has 25 heavy (non-hydrogen) atoms. The normalized spacial score (nSPS) is 15.0. The van der Waals surface area contributed by atoms with E-state index in [1.165, 1.54) is 0 Å². The fourth-order valence-corrected chi connectivity index (χ4v) is 3.08. The maximum atomic E-state index is 11.7. The molecule has 1 amide bonds. The van der Waals surface area contributed by atoms with Crippen molar-refractivity contribution in [2.24, 2.45) is 0 Å². The first-order valence-corrected chi connectivity index (χ1v) is 8.98. The number of rotatable bonds is 4. The van der Waals surface area contributed by atoms with Crippen LogP contribution in [0.5, 0.6) is 5.75 Å². The van der Waals surface area contributed by atoms with Gasteiger partial charge in [0.15, 0.2) is 0 Å². The van der Waals surface area contributed by atoms with E-state index in [2.05, 4.69) is 6.07 Å². The van der Waals surface area contributed by atoms with E-state index in [1.54, 1.807) is 4.90 Å². The van der Waals surface area contributed by atoms with E-state index in [1.807, 2.05) is 49.4 Å². The summed E-state index contributed by atoms with van der Waals surface area (Å²) in [4.78, 5) is 13.5. The SMILES string of the molecule is CCOC(=O)N1CCC(Oc2cccc(-c3ccc(Cl)cc3)c2)CC1. The summed E-state index contributed by atoms with van der Waals surface area (Å²) in [5, 5.41) is 0.726. The summed E-state index contributed by atoms with van der Waals surface area (Å²) in [6.07, 6.45) is 1.50. The first kappa shape index (κ1) is 17.6. The first-order chi connectivity index (χ1) is 12.2. The number of hydrogen-bond acceptors (Lipinski definition) is 3. The van der Waals surface area contributed by atoms with Gasteiger partial charge in [-0.25, -0.2) is 4.79 Å². The second-order valence-electron chi connectivity index (χ2n) is 6.04. The molecule has 0 saturated carbocycles. The third-order valence-corrected chi connectivity index (χ3v) is 4.53. The zero-order valence-electron chi connectivity index (χ0n) is 14.3. The van der Waals surface area contributed by atoms with Gasteiger partial charge in [0.2, 0.25) is 0 Å². The molecule has 2 aromatic carbocycles. The molecule has 0 bridgehead atoms. The molecule has 0 N–H and O–H groups in total. The largest absolute Gasteiger partial charge is 0.490 e. The lowest BCUT2D eigenvalue weighted by Crippen LogP contribution is -2.42. The monoisotopic (exact) mass is 359 g/mol. The molecule has 1 aliphatic rings. The first-order valence-electron chi connectivity index (χ1n) is 8.60. The zero-order chi connectivity index (χ0) is 17.6. The highest BCUT2D eigenvalue weighted by molar-refractivity contribution is 6.30. The Hall–Kier alpha value is -2.20. The van der Waals surface area contributed by atoms with Crippen LogP contribution in [0.2, 0.25) is 5.02 Å². The summed E-state index contributed by atoms with van der Waals surface area (Å²) >= 11 is 5.95. The predicted octanol–water partition coefficient (Wildman–Crippen LogP) is 5.01. The van der Waals surface area contributed by atoms with Crippen LogP contribution in [0.1, 0.15) is 19.8 Å². The van der Waals surface area contributed by atoms with Crippen molar-refractivity contribution in [3.8, 4) is 16.9 Å². The molecule has 1 heterocycles. The number of carbonyl (C=O) groups excluding carboxylic acids is 1. The Morgan fingerprint density at radius 2 is 1.84 bits per heavy atom. The van der Waals surface area contributed by atoms with Crippen molar-refractivity contribution in [2.75, 3.05) is 19.7 Å². The summed E-state index contributed by atoms with van der Waals surface area (Å²) in [7, 11) is 0. The van der Waals surface area contributed by atoms with E-state index >= 15 is 0 Å². The Bertz CT molecular complexity index is 709. The van der Waals surface area contributed by atoms with Crippen molar-refractivity contribution in [1.29, 1.82) is 0 Å². The zero-order valence-corrected chi connectivity index (χ0v) is 15.0. The minimum absolute atomic E-state index is 0.117. The van der Waals surface area contributed by atoms with Gasteiger partial charge in [-0.05, 0) is 42.3 Å². The smallest absolute Gasteiger partial charge is 0.409 e. The molecule has 1 saturated heterocycles. The van der Waals surface area contributed by atoms with E-state index in [4.69, 9.17) is 21.1 Å². The molecule has 2 aromatic rings.